The van der Waals surface area contributed by atoms with Crippen molar-refractivity contribution in [1.29, 1.82) is 0 Å². The number of halogens is 1. The van der Waals surface area contributed by atoms with Crippen molar-refractivity contribution in [2.75, 3.05) is 18.4 Å². The van der Waals surface area contributed by atoms with Crippen LogP contribution in [-0.4, -0.2) is 34.0 Å². The van der Waals surface area contributed by atoms with Crippen molar-refractivity contribution >= 4 is 34.4 Å². The number of carbonyl (C=O) groups excluding carboxylic acids is 1. The predicted octanol–water partition coefficient (Wildman–Crippen LogP) is 4.94. The highest BCUT2D eigenvalue weighted by atomic mass is 35.5. The van der Waals surface area contributed by atoms with Crippen molar-refractivity contribution in [3.05, 3.63) is 58.9 Å². The first kappa shape index (κ1) is 16.9. The lowest BCUT2D eigenvalue weighted by Gasteiger charge is -2.31. The zero-order valence-corrected chi connectivity index (χ0v) is 15.4. The van der Waals surface area contributed by atoms with Crippen molar-refractivity contribution in [2.45, 2.75) is 25.7 Å². The van der Waals surface area contributed by atoms with Gasteiger partial charge >= 0.3 is 6.03 Å². The van der Waals surface area contributed by atoms with E-state index in [-0.39, 0.29) is 11.9 Å². The first-order chi connectivity index (χ1) is 12.6. The highest BCUT2D eigenvalue weighted by molar-refractivity contribution is 6.30. The number of imidazole rings is 1. The minimum Gasteiger partial charge on any atom is -0.342 e. The van der Waals surface area contributed by atoms with E-state index in [9.17, 15) is 4.79 Å². The molecular formula is C20H21ClN4O. The minimum atomic E-state index is -0.0796. The van der Waals surface area contributed by atoms with Gasteiger partial charge in [-0.3, -0.25) is 0 Å². The molecule has 26 heavy (non-hydrogen) atoms. The van der Waals surface area contributed by atoms with Crippen molar-refractivity contribution < 1.29 is 4.79 Å². The fourth-order valence-corrected chi connectivity index (χ4v) is 3.58. The second-order valence-electron chi connectivity index (χ2n) is 6.86. The van der Waals surface area contributed by atoms with E-state index in [0.717, 1.165) is 41.9 Å². The third kappa shape index (κ3) is 3.53. The Morgan fingerprint density at radius 2 is 2.08 bits per heavy atom. The molecule has 134 valence electrons. The number of aromatic amines is 1. The van der Waals surface area contributed by atoms with E-state index in [4.69, 9.17) is 16.6 Å². The number of nitrogens with one attached hydrogen (secondary N) is 2. The molecule has 1 fully saturated rings. The Hall–Kier alpha value is -2.53. The number of H-pyrrole nitrogens is 1. The average molecular weight is 369 g/mol. The van der Waals surface area contributed by atoms with E-state index in [0.29, 0.717) is 11.6 Å². The molecule has 0 spiro atoms. The molecule has 1 saturated heterocycles. The number of hydrogen-bond donors (Lipinski definition) is 2. The molecular weight excluding hydrogens is 348 g/mol. The van der Waals surface area contributed by atoms with Gasteiger partial charge in [-0.2, -0.15) is 0 Å². The van der Waals surface area contributed by atoms with Gasteiger partial charge in [0.25, 0.3) is 0 Å². The number of anilines is 1. The van der Waals surface area contributed by atoms with Crippen LogP contribution in [-0.2, 0) is 0 Å². The van der Waals surface area contributed by atoms with Crippen LogP contribution in [0.4, 0.5) is 10.5 Å². The van der Waals surface area contributed by atoms with Gasteiger partial charge in [0.1, 0.15) is 5.82 Å². The normalized spacial score (nSPS) is 17.5. The third-order valence-electron chi connectivity index (χ3n) is 4.85. The Morgan fingerprint density at radius 1 is 1.27 bits per heavy atom. The molecule has 0 unspecified atom stereocenters. The lowest BCUT2D eigenvalue weighted by molar-refractivity contribution is 0.191. The van der Waals surface area contributed by atoms with Crippen molar-refractivity contribution in [3.8, 4) is 0 Å². The van der Waals surface area contributed by atoms with Crippen LogP contribution in [0.1, 0.15) is 30.1 Å². The second kappa shape index (κ2) is 7.00. The topological polar surface area (TPSA) is 61.0 Å². The summed E-state index contributed by atoms with van der Waals surface area (Å²) in [4.78, 5) is 22.6. The quantitative estimate of drug-likeness (QED) is 0.673. The summed E-state index contributed by atoms with van der Waals surface area (Å²) in [6, 6.07) is 13.3. The van der Waals surface area contributed by atoms with Gasteiger partial charge in [0.05, 0.1) is 11.0 Å². The summed E-state index contributed by atoms with van der Waals surface area (Å²) in [6.07, 6.45) is 2.00. The molecule has 4 rings (SSSR count). The van der Waals surface area contributed by atoms with Gasteiger partial charge < -0.3 is 15.2 Å². The zero-order valence-electron chi connectivity index (χ0n) is 14.6. The second-order valence-corrected chi connectivity index (χ2v) is 7.30. The number of urea groups is 1. The fraction of sp³-hybridized carbons (Fsp3) is 0.300. The third-order valence-corrected chi connectivity index (χ3v) is 5.10. The summed E-state index contributed by atoms with van der Waals surface area (Å²) in [7, 11) is 0. The maximum Gasteiger partial charge on any atom is 0.321 e. The molecule has 0 bridgehead atoms. The van der Waals surface area contributed by atoms with Gasteiger partial charge in [0.2, 0.25) is 0 Å². The highest BCUT2D eigenvalue weighted by Gasteiger charge is 2.26. The molecule has 1 atom stereocenters. The Bertz CT molecular complexity index is 935. The molecule has 1 aliphatic heterocycles. The number of likely N-dealkylation sites (tertiary alicyclic amines) is 1. The van der Waals surface area contributed by atoms with Crippen molar-refractivity contribution in [2.24, 2.45) is 0 Å². The number of carbonyl (C=O) groups is 1. The summed E-state index contributed by atoms with van der Waals surface area (Å²) in [5.41, 5.74) is 4.00. The SMILES string of the molecule is Cc1ccc2nc([C@H]3CCCN(C(=O)Nc4ccc(Cl)cc4)C3)[nH]c2c1. The van der Waals surface area contributed by atoms with E-state index in [2.05, 4.69) is 29.4 Å². The smallest absolute Gasteiger partial charge is 0.321 e. The maximum atomic E-state index is 12.6. The number of fused-ring (bicyclic) bond motifs is 1. The Labute approximate surface area is 157 Å². The van der Waals surface area contributed by atoms with E-state index < -0.39 is 0 Å². The van der Waals surface area contributed by atoms with Gasteiger partial charge in [-0.05, 0) is 61.7 Å². The van der Waals surface area contributed by atoms with Gasteiger partial charge in [-0.15, -0.1) is 0 Å². The molecule has 0 saturated carbocycles. The number of aromatic nitrogens is 2. The average Bonchev–Trinajstić information content (AvgIpc) is 3.07. The van der Waals surface area contributed by atoms with Crippen LogP contribution in [0.2, 0.25) is 5.02 Å². The minimum absolute atomic E-state index is 0.0796. The highest BCUT2D eigenvalue weighted by Crippen LogP contribution is 2.27. The summed E-state index contributed by atoms with van der Waals surface area (Å²) in [6.45, 7) is 3.50. The molecule has 5 nitrogen and oxygen atoms in total. The molecule has 2 heterocycles. The van der Waals surface area contributed by atoms with Gasteiger partial charge in [0, 0.05) is 29.7 Å². The summed E-state index contributed by atoms with van der Waals surface area (Å²) < 4.78 is 0. The van der Waals surface area contributed by atoms with E-state index in [1.807, 2.05) is 23.1 Å². The molecule has 2 aromatic carbocycles. The maximum absolute atomic E-state index is 12.6. The molecule has 3 aromatic rings. The number of nitrogens with zero attached hydrogens (tertiary/aromatic N) is 2. The number of hydrogen-bond acceptors (Lipinski definition) is 2. The fourth-order valence-electron chi connectivity index (χ4n) is 3.46. The first-order valence-corrected chi connectivity index (χ1v) is 9.24. The van der Waals surface area contributed by atoms with Crippen LogP contribution in [0.15, 0.2) is 42.5 Å². The number of rotatable bonds is 2. The molecule has 0 aliphatic carbocycles. The lowest BCUT2D eigenvalue weighted by atomic mass is 9.97. The molecule has 2 N–H and O–H groups in total. The predicted molar refractivity (Wildman–Crippen MR) is 105 cm³/mol. The molecule has 1 aromatic heterocycles. The molecule has 6 heteroatoms. The monoisotopic (exact) mass is 368 g/mol. The van der Waals surface area contributed by atoms with Crippen LogP contribution in [0.25, 0.3) is 11.0 Å². The van der Waals surface area contributed by atoms with Gasteiger partial charge in [-0.1, -0.05) is 17.7 Å². The van der Waals surface area contributed by atoms with Crippen LogP contribution in [0, 0.1) is 6.92 Å². The number of aryl methyl sites for hydroxylation is 1. The Balaban J connectivity index is 1.47. The number of benzene rings is 2. The largest absolute Gasteiger partial charge is 0.342 e. The molecule has 1 aliphatic rings. The van der Waals surface area contributed by atoms with Crippen LogP contribution < -0.4 is 5.32 Å². The van der Waals surface area contributed by atoms with Crippen LogP contribution >= 0.6 is 11.6 Å². The lowest BCUT2D eigenvalue weighted by Crippen LogP contribution is -2.41. The van der Waals surface area contributed by atoms with E-state index in [1.165, 1.54) is 5.56 Å². The van der Waals surface area contributed by atoms with Gasteiger partial charge in [0.15, 0.2) is 0 Å². The van der Waals surface area contributed by atoms with Crippen LogP contribution in [0.3, 0.4) is 0 Å². The van der Waals surface area contributed by atoms with Crippen molar-refractivity contribution in [1.82, 2.24) is 14.9 Å². The van der Waals surface area contributed by atoms with E-state index in [1.54, 1.807) is 12.1 Å². The summed E-state index contributed by atoms with van der Waals surface area (Å²) in [5, 5.41) is 3.60. The Morgan fingerprint density at radius 3 is 2.88 bits per heavy atom. The summed E-state index contributed by atoms with van der Waals surface area (Å²) in [5.74, 6) is 1.20. The summed E-state index contributed by atoms with van der Waals surface area (Å²) >= 11 is 5.89. The molecule has 0 radical (unpaired) electrons. The number of amides is 2. The standard InChI is InChI=1S/C20H21ClN4O/c1-13-4-9-17-18(11-13)24-19(23-17)14-3-2-10-25(12-14)20(26)22-16-7-5-15(21)6-8-16/h4-9,11,14H,2-3,10,12H2,1H3,(H,22,26)(H,23,24)/t14-/m0/s1. The van der Waals surface area contributed by atoms with Crippen LogP contribution in [0.5, 0.6) is 0 Å². The zero-order chi connectivity index (χ0) is 18.1. The van der Waals surface area contributed by atoms with E-state index >= 15 is 0 Å². The number of piperidine rings is 1. The first-order valence-electron chi connectivity index (χ1n) is 8.86. The van der Waals surface area contributed by atoms with Gasteiger partial charge in [-0.25, -0.2) is 9.78 Å². The molecule has 2 amide bonds. The van der Waals surface area contributed by atoms with Crippen molar-refractivity contribution in [3.63, 3.8) is 0 Å². The Kier molecular flexibility index (Phi) is 4.55.